The van der Waals surface area contributed by atoms with Crippen LogP contribution in [0.4, 0.5) is 75.4 Å². The van der Waals surface area contributed by atoms with E-state index in [1.807, 2.05) is 0 Å². The standard InChI is InChI=1S/C42H30F12N6/c1-57(27-13-5-23(6-14-27)39(43,44)45)35-31-21-33-34(22-32(31)36(55-35)58(2)28-15-7-24(8-16-28)40(46,47)48)38(60(4)30-19-11-26(12-20-30)42(52,53)54)56-37(33)59(3)29-17-9-25(10-18-29)41(49,50)51/h5-22H,1-4H3/p+2. The van der Waals surface area contributed by atoms with Gasteiger partial charge in [0.05, 0.1) is 57.9 Å². The molecule has 0 unspecified atom stereocenters. The summed E-state index contributed by atoms with van der Waals surface area (Å²) in [5, 5.41) is 7.55. The van der Waals surface area contributed by atoms with Crippen molar-refractivity contribution in [1.29, 1.82) is 0 Å². The second kappa shape index (κ2) is 14.7. The monoisotopic (exact) mass is 848 g/mol. The lowest BCUT2D eigenvalue weighted by molar-refractivity contribution is -0.406. The van der Waals surface area contributed by atoms with Crippen LogP contribution in [-0.2, 0) is 24.7 Å². The Balaban J connectivity index is 1.48. The summed E-state index contributed by atoms with van der Waals surface area (Å²) >= 11 is 0. The largest absolute Gasteiger partial charge is 0.416 e. The summed E-state index contributed by atoms with van der Waals surface area (Å²) in [5.74, 6) is 1.40. The molecular weight excluding hydrogens is 816 g/mol. The number of nitrogens with zero attached hydrogens (tertiary/aromatic N) is 4. The van der Waals surface area contributed by atoms with Gasteiger partial charge in [0.25, 0.3) is 11.7 Å². The second-order valence-electron chi connectivity index (χ2n) is 14.0. The number of nitrogens with one attached hydrogen (secondary N) is 2. The van der Waals surface area contributed by atoms with E-state index >= 15 is 0 Å². The minimum absolute atomic E-state index is 0.328. The van der Waals surface area contributed by atoms with Crippen molar-refractivity contribution in [3.63, 3.8) is 0 Å². The number of alkyl halides is 12. The van der Waals surface area contributed by atoms with Crippen LogP contribution in [0.5, 0.6) is 0 Å². The average molecular weight is 849 g/mol. The zero-order chi connectivity index (χ0) is 43.7. The molecule has 5 aromatic carbocycles. The molecule has 6 nitrogen and oxygen atoms in total. The molecule has 5 aromatic rings. The van der Waals surface area contributed by atoms with Crippen LogP contribution in [-0.4, -0.2) is 49.0 Å². The Kier molecular flexibility index (Phi) is 10.2. The number of amidine groups is 2. The first-order valence-electron chi connectivity index (χ1n) is 17.8. The predicted octanol–water partition coefficient (Wildman–Crippen LogP) is 8.81. The quantitative estimate of drug-likeness (QED) is 0.132. The van der Waals surface area contributed by atoms with Gasteiger partial charge in [-0.05, 0) is 109 Å². The Hall–Kier alpha value is -6.46. The Bertz CT molecular complexity index is 2470. The van der Waals surface area contributed by atoms with Gasteiger partial charge in [-0.15, -0.1) is 0 Å². The highest BCUT2D eigenvalue weighted by molar-refractivity contribution is 6.09. The zero-order valence-corrected chi connectivity index (χ0v) is 31.7. The van der Waals surface area contributed by atoms with Crippen molar-refractivity contribution in [2.24, 2.45) is 0 Å². The Morgan fingerprint density at radius 2 is 0.650 bits per heavy atom. The van der Waals surface area contributed by atoms with Crippen LogP contribution in [0, 0.1) is 0 Å². The van der Waals surface area contributed by atoms with Crippen molar-refractivity contribution < 1.29 is 61.8 Å². The van der Waals surface area contributed by atoms with E-state index < -0.39 is 47.0 Å². The normalized spacial score (nSPS) is 15.9. The minimum atomic E-state index is -4.60. The molecule has 2 aliphatic heterocycles. The molecule has 0 aliphatic carbocycles. The lowest BCUT2D eigenvalue weighted by Crippen LogP contribution is -2.33. The lowest BCUT2D eigenvalue weighted by atomic mass is 10.1. The van der Waals surface area contributed by atoms with Crippen LogP contribution < -0.4 is 30.9 Å². The SMILES string of the molecule is CN(C1=c2cc3c(cc2C(=[N+](C)c2ccc(C(F)(F)F)cc2)N1)=C(N(C)c1ccc(C(F)(F)F)cc1)NC3=[N+](C)c1ccc(C(F)(F)F)cc1)c1ccc(C(F)(F)F)cc1. The van der Waals surface area contributed by atoms with Crippen LogP contribution in [0.15, 0.2) is 109 Å². The van der Waals surface area contributed by atoms with Crippen molar-refractivity contribution >= 4 is 46.1 Å². The van der Waals surface area contributed by atoms with E-state index in [-0.39, 0.29) is 0 Å². The third kappa shape index (κ3) is 7.85. The molecule has 0 saturated carbocycles. The van der Waals surface area contributed by atoms with Gasteiger partial charge in [0.15, 0.2) is 0 Å². The smallest absolute Gasteiger partial charge is 0.312 e. The van der Waals surface area contributed by atoms with Crippen LogP contribution in [0.3, 0.4) is 0 Å². The van der Waals surface area contributed by atoms with Crippen molar-refractivity contribution in [1.82, 2.24) is 10.6 Å². The molecule has 0 amide bonds. The van der Waals surface area contributed by atoms with E-state index in [1.54, 1.807) is 59.3 Å². The molecule has 2 aliphatic rings. The first-order valence-corrected chi connectivity index (χ1v) is 17.8. The molecule has 0 aromatic heterocycles. The molecule has 2 heterocycles. The second-order valence-corrected chi connectivity index (χ2v) is 14.0. The average Bonchev–Trinajstić information content (AvgIpc) is 3.76. The molecule has 60 heavy (non-hydrogen) atoms. The lowest BCUT2D eigenvalue weighted by Gasteiger charge is -2.19. The number of anilines is 2. The van der Waals surface area contributed by atoms with Crippen molar-refractivity contribution in [3.05, 3.63) is 153 Å². The van der Waals surface area contributed by atoms with Crippen LogP contribution in [0.2, 0.25) is 0 Å². The number of rotatable bonds is 6. The fourth-order valence-electron chi connectivity index (χ4n) is 6.95. The minimum Gasteiger partial charge on any atom is -0.312 e. The van der Waals surface area contributed by atoms with E-state index in [0.29, 0.717) is 67.6 Å². The number of fused-ring (bicyclic) bond motifs is 2. The maximum Gasteiger partial charge on any atom is 0.416 e. The summed E-state index contributed by atoms with van der Waals surface area (Å²) in [4.78, 5) is 3.17. The number of benzene rings is 5. The van der Waals surface area contributed by atoms with Crippen molar-refractivity contribution in [3.8, 4) is 0 Å². The summed E-state index contributed by atoms with van der Waals surface area (Å²) in [5.41, 5.74) is -1.26. The highest BCUT2D eigenvalue weighted by atomic mass is 19.4. The van der Waals surface area contributed by atoms with E-state index in [4.69, 9.17) is 0 Å². The van der Waals surface area contributed by atoms with Crippen LogP contribution >= 0.6 is 0 Å². The van der Waals surface area contributed by atoms with Gasteiger partial charge >= 0.3 is 24.7 Å². The van der Waals surface area contributed by atoms with Gasteiger partial charge in [0.2, 0.25) is 11.6 Å². The first-order chi connectivity index (χ1) is 27.9. The van der Waals surface area contributed by atoms with E-state index in [9.17, 15) is 52.7 Å². The van der Waals surface area contributed by atoms with E-state index in [2.05, 4.69) is 10.6 Å². The topological polar surface area (TPSA) is 36.6 Å². The maximum atomic E-state index is 13.5. The van der Waals surface area contributed by atoms with Gasteiger partial charge in [-0.2, -0.15) is 52.7 Å². The fourth-order valence-corrected chi connectivity index (χ4v) is 6.95. The first kappa shape index (κ1) is 41.7. The Morgan fingerprint density at radius 3 is 0.900 bits per heavy atom. The van der Waals surface area contributed by atoms with Gasteiger partial charge < -0.3 is 9.80 Å². The highest BCUT2D eigenvalue weighted by Gasteiger charge is 2.38. The van der Waals surface area contributed by atoms with Gasteiger partial charge in [0.1, 0.15) is 11.4 Å². The molecule has 0 saturated heterocycles. The van der Waals surface area contributed by atoms with Crippen LogP contribution in [0.1, 0.15) is 33.4 Å². The molecule has 0 bridgehead atoms. The zero-order valence-electron chi connectivity index (χ0n) is 31.7. The molecular formula is C42H32F12N6+2. The Labute approximate surface area is 333 Å². The molecule has 0 fully saturated rings. The van der Waals surface area contributed by atoms with Crippen molar-refractivity contribution in [2.45, 2.75) is 24.7 Å². The van der Waals surface area contributed by atoms with Gasteiger partial charge in [-0.1, -0.05) is 0 Å². The molecule has 0 spiro atoms. The van der Waals surface area contributed by atoms with E-state index in [0.717, 1.165) is 48.5 Å². The van der Waals surface area contributed by atoms with Crippen LogP contribution in [0.25, 0.3) is 11.6 Å². The molecule has 2 N–H and O–H groups in total. The summed E-state index contributed by atoms with van der Waals surface area (Å²) in [6, 6.07) is 20.9. The maximum absolute atomic E-state index is 13.5. The number of halogens is 12. The highest BCUT2D eigenvalue weighted by Crippen LogP contribution is 2.34. The number of hydrogen-bond donors (Lipinski definition) is 2. The third-order valence-electron chi connectivity index (χ3n) is 10.3. The summed E-state index contributed by atoms with van der Waals surface area (Å²) in [7, 11) is 6.37. The Morgan fingerprint density at radius 1 is 0.400 bits per heavy atom. The van der Waals surface area contributed by atoms with Gasteiger partial charge in [-0.3, -0.25) is 0 Å². The van der Waals surface area contributed by atoms with E-state index in [1.165, 1.54) is 48.5 Å². The van der Waals surface area contributed by atoms with Gasteiger partial charge in [0, 0.05) is 25.5 Å². The van der Waals surface area contributed by atoms with Gasteiger partial charge in [-0.25, -0.2) is 19.8 Å². The summed E-state index contributed by atoms with van der Waals surface area (Å²) in [6.07, 6.45) is -18.4. The summed E-state index contributed by atoms with van der Waals surface area (Å²) in [6.45, 7) is 0. The molecule has 0 radical (unpaired) electrons. The predicted molar refractivity (Wildman–Crippen MR) is 201 cm³/mol. The number of hydrogen-bond acceptors (Lipinski definition) is 2. The molecule has 0 atom stereocenters. The third-order valence-corrected chi connectivity index (χ3v) is 10.3. The molecule has 18 heteroatoms. The molecule has 312 valence electrons. The molecule has 7 rings (SSSR count). The summed E-state index contributed by atoms with van der Waals surface area (Å²) < 4.78 is 165. The van der Waals surface area contributed by atoms with Crippen molar-refractivity contribution in [2.75, 3.05) is 38.0 Å². The fraction of sp³-hybridized carbons (Fsp3) is 0.190.